The molecule has 0 spiro atoms. The number of anilines is 2. The number of hydrogen-bond donors (Lipinski definition) is 1. The Morgan fingerprint density at radius 3 is 2.78 bits per heavy atom. The van der Waals surface area contributed by atoms with E-state index in [2.05, 4.69) is 15.3 Å². The van der Waals surface area contributed by atoms with Gasteiger partial charge in [-0.25, -0.2) is 13.8 Å². The Kier molecular flexibility index (Phi) is 4.69. The zero-order chi connectivity index (χ0) is 13.7. The minimum absolute atomic E-state index is 0.133. The predicted molar refractivity (Wildman–Crippen MR) is 62.1 cm³/mol. The molecule has 0 fully saturated rings. The fourth-order valence-corrected chi connectivity index (χ4v) is 1.31. The minimum Gasteiger partial charge on any atom is -0.354 e. The van der Waals surface area contributed by atoms with Crippen LogP contribution in [0.5, 0.6) is 0 Å². The van der Waals surface area contributed by atoms with Gasteiger partial charge >= 0.3 is 5.69 Å². The highest BCUT2D eigenvalue weighted by atomic mass is 19.3. The molecule has 0 aliphatic carbocycles. The van der Waals surface area contributed by atoms with Gasteiger partial charge in [0.05, 0.1) is 11.5 Å². The second kappa shape index (κ2) is 6.03. The van der Waals surface area contributed by atoms with Crippen molar-refractivity contribution >= 4 is 17.5 Å². The van der Waals surface area contributed by atoms with Crippen LogP contribution in [-0.2, 0) is 0 Å². The Hall–Kier alpha value is -2.06. The van der Waals surface area contributed by atoms with E-state index in [0.29, 0.717) is 6.54 Å². The van der Waals surface area contributed by atoms with Gasteiger partial charge in [0.2, 0.25) is 11.8 Å². The van der Waals surface area contributed by atoms with Crippen LogP contribution in [0.25, 0.3) is 0 Å². The minimum atomic E-state index is -2.60. The lowest BCUT2D eigenvalue weighted by Crippen LogP contribution is -2.26. The quantitative estimate of drug-likeness (QED) is 0.617. The number of rotatable bonds is 6. The monoisotopic (exact) mass is 261 g/mol. The largest absolute Gasteiger partial charge is 0.354 e. The molecule has 9 heteroatoms. The van der Waals surface area contributed by atoms with Gasteiger partial charge in [-0.1, -0.05) is 0 Å². The first-order valence-corrected chi connectivity index (χ1v) is 5.20. The summed E-state index contributed by atoms with van der Waals surface area (Å²) in [7, 11) is 1.32. The Balaban J connectivity index is 3.10. The molecule has 100 valence electrons. The van der Waals surface area contributed by atoms with Crippen LogP contribution in [0.3, 0.4) is 0 Å². The van der Waals surface area contributed by atoms with Crippen molar-refractivity contribution < 1.29 is 13.7 Å². The molecule has 1 heterocycles. The van der Waals surface area contributed by atoms with Gasteiger partial charge in [-0.05, 0) is 6.92 Å². The van der Waals surface area contributed by atoms with E-state index < -0.39 is 23.6 Å². The van der Waals surface area contributed by atoms with Crippen molar-refractivity contribution in [3.8, 4) is 0 Å². The van der Waals surface area contributed by atoms with Crippen molar-refractivity contribution in [1.82, 2.24) is 9.97 Å². The van der Waals surface area contributed by atoms with E-state index >= 15 is 0 Å². The van der Waals surface area contributed by atoms with E-state index in [1.165, 1.54) is 7.05 Å². The first-order chi connectivity index (χ1) is 8.45. The zero-order valence-electron chi connectivity index (χ0n) is 9.93. The molecule has 7 nitrogen and oxygen atoms in total. The third-order valence-electron chi connectivity index (χ3n) is 2.06. The maximum Gasteiger partial charge on any atom is 0.329 e. The predicted octanol–water partition coefficient (Wildman–Crippen LogP) is 1.52. The second-order valence-electron chi connectivity index (χ2n) is 3.46. The van der Waals surface area contributed by atoms with Crippen LogP contribution in [0.15, 0.2) is 6.20 Å². The molecule has 1 N–H and O–H groups in total. The molecular weight excluding hydrogens is 248 g/mol. The number of hydrogen-bond acceptors (Lipinski definition) is 6. The molecule has 0 unspecified atom stereocenters. The lowest BCUT2D eigenvalue weighted by Gasteiger charge is -2.17. The van der Waals surface area contributed by atoms with Crippen molar-refractivity contribution in [3.63, 3.8) is 0 Å². The van der Waals surface area contributed by atoms with Crippen LogP contribution in [-0.4, -0.2) is 41.5 Å². The Labute approximate surface area is 102 Å². The molecule has 0 saturated heterocycles. The summed E-state index contributed by atoms with van der Waals surface area (Å²) >= 11 is 0. The number of nitro groups is 1. The van der Waals surface area contributed by atoms with Gasteiger partial charge in [0.25, 0.3) is 6.43 Å². The summed E-state index contributed by atoms with van der Waals surface area (Å²) in [5, 5.41) is 13.5. The van der Waals surface area contributed by atoms with Gasteiger partial charge in [0, 0.05) is 13.6 Å². The summed E-state index contributed by atoms with van der Waals surface area (Å²) < 4.78 is 24.6. The highest BCUT2D eigenvalue weighted by molar-refractivity contribution is 5.58. The fourth-order valence-electron chi connectivity index (χ4n) is 1.31. The molecule has 0 aromatic carbocycles. The van der Waals surface area contributed by atoms with E-state index in [9.17, 15) is 18.9 Å². The summed E-state index contributed by atoms with van der Waals surface area (Å²) in [4.78, 5) is 18.7. The average molecular weight is 261 g/mol. The second-order valence-corrected chi connectivity index (χ2v) is 3.46. The van der Waals surface area contributed by atoms with E-state index in [4.69, 9.17) is 0 Å². The van der Waals surface area contributed by atoms with Crippen molar-refractivity contribution in [2.24, 2.45) is 0 Å². The van der Waals surface area contributed by atoms with Gasteiger partial charge in [0.15, 0.2) is 0 Å². The summed E-state index contributed by atoms with van der Waals surface area (Å²) in [5.74, 6) is 0.0328. The summed E-state index contributed by atoms with van der Waals surface area (Å²) in [5.41, 5.74) is -0.403. The van der Waals surface area contributed by atoms with E-state index in [1.54, 1.807) is 6.92 Å². The van der Waals surface area contributed by atoms with Crippen molar-refractivity contribution in [3.05, 3.63) is 16.3 Å². The molecule has 18 heavy (non-hydrogen) atoms. The topological polar surface area (TPSA) is 84.2 Å². The van der Waals surface area contributed by atoms with Crippen LogP contribution in [0.2, 0.25) is 0 Å². The number of nitrogens with zero attached hydrogens (tertiary/aromatic N) is 4. The Morgan fingerprint density at radius 1 is 1.61 bits per heavy atom. The molecule has 0 amide bonds. The molecule has 1 rings (SSSR count). The average Bonchev–Trinajstić information content (AvgIpc) is 2.28. The molecule has 1 aromatic heterocycles. The maximum absolute atomic E-state index is 12.3. The van der Waals surface area contributed by atoms with Crippen LogP contribution in [0.4, 0.5) is 26.2 Å². The van der Waals surface area contributed by atoms with Crippen LogP contribution >= 0.6 is 0 Å². The molecule has 0 saturated carbocycles. The number of nitrogens with one attached hydrogen (secondary N) is 1. The molecule has 0 aliphatic heterocycles. The van der Waals surface area contributed by atoms with Gasteiger partial charge in [0.1, 0.15) is 6.20 Å². The van der Waals surface area contributed by atoms with Gasteiger partial charge in [-0.2, -0.15) is 4.98 Å². The molecule has 0 bridgehead atoms. The molecule has 0 aliphatic rings. The summed E-state index contributed by atoms with van der Waals surface area (Å²) in [6.07, 6.45) is -1.60. The fraction of sp³-hybridized carbons (Fsp3) is 0.556. The Bertz CT molecular complexity index is 429. The van der Waals surface area contributed by atoms with Crippen molar-refractivity contribution in [2.45, 2.75) is 13.3 Å². The molecule has 0 radical (unpaired) electrons. The third-order valence-corrected chi connectivity index (χ3v) is 2.06. The zero-order valence-corrected chi connectivity index (χ0v) is 9.93. The molecular formula is C9H13F2N5O2. The van der Waals surface area contributed by atoms with Gasteiger partial charge in [-0.3, -0.25) is 10.1 Å². The summed E-state index contributed by atoms with van der Waals surface area (Å²) in [6, 6.07) is 0. The maximum atomic E-state index is 12.3. The number of halogens is 2. The highest BCUT2D eigenvalue weighted by Gasteiger charge is 2.22. The smallest absolute Gasteiger partial charge is 0.329 e. The lowest BCUT2D eigenvalue weighted by atomic mass is 10.4. The van der Waals surface area contributed by atoms with Crippen LogP contribution in [0, 0.1) is 10.1 Å². The normalized spacial score (nSPS) is 10.5. The summed E-state index contributed by atoms with van der Waals surface area (Å²) in [6.45, 7) is 1.69. The SMILES string of the molecule is CCNc1ncc([N+](=O)[O-])c(N(C)CC(F)F)n1. The van der Waals surface area contributed by atoms with Gasteiger partial charge < -0.3 is 10.2 Å². The van der Waals surface area contributed by atoms with Crippen LogP contribution in [0.1, 0.15) is 6.92 Å². The standard InChI is InChI=1S/C9H13F2N5O2/c1-3-12-9-13-4-6(16(17)18)8(14-9)15(2)5-7(10)11/h4,7H,3,5H2,1-2H3,(H,12,13,14). The van der Waals surface area contributed by atoms with Crippen LogP contribution < -0.4 is 10.2 Å². The van der Waals surface area contributed by atoms with E-state index in [0.717, 1.165) is 11.1 Å². The first kappa shape index (κ1) is 14.0. The Morgan fingerprint density at radius 2 is 2.28 bits per heavy atom. The van der Waals surface area contributed by atoms with E-state index in [-0.39, 0.29) is 11.8 Å². The van der Waals surface area contributed by atoms with Gasteiger partial charge in [-0.15, -0.1) is 0 Å². The third kappa shape index (κ3) is 3.47. The highest BCUT2D eigenvalue weighted by Crippen LogP contribution is 2.25. The molecule has 1 aromatic rings. The van der Waals surface area contributed by atoms with Crippen molar-refractivity contribution in [1.29, 1.82) is 0 Å². The van der Waals surface area contributed by atoms with E-state index in [1.807, 2.05) is 0 Å². The molecule has 0 atom stereocenters. The number of aromatic nitrogens is 2. The first-order valence-electron chi connectivity index (χ1n) is 5.20. The number of alkyl halides is 2. The van der Waals surface area contributed by atoms with Crippen molar-refractivity contribution in [2.75, 3.05) is 30.4 Å². The lowest BCUT2D eigenvalue weighted by molar-refractivity contribution is -0.384.